The Morgan fingerprint density at radius 1 is 1.25 bits per heavy atom. The monoisotopic (exact) mass is 361 g/mol. The van der Waals surface area contributed by atoms with Gasteiger partial charge in [0.1, 0.15) is 24.8 Å². The van der Waals surface area contributed by atoms with Crippen LogP contribution in [-0.2, 0) is 14.3 Å². The zero-order valence-electron chi connectivity index (χ0n) is 12.3. The molecule has 2 aliphatic heterocycles. The van der Waals surface area contributed by atoms with Gasteiger partial charge in [-0.25, -0.2) is 4.39 Å². The van der Waals surface area contributed by atoms with Gasteiger partial charge in [-0.2, -0.15) is 0 Å². The number of allylic oxidation sites excluding steroid dienone is 1. The molecule has 0 saturated carbocycles. The highest BCUT2D eigenvalue weighted by molar-refractivity contribution is 8.26. The van der Waals surface area contributed by atoms with E-state index in [0.29, 0.717) is 14.9 Å². The third-order valence-corrected chi connectivity index (χ3v) is 5.16. The number of amides is 1. The molecule has 0 unspecified atom stereocenters. The van der Waals surface area contributed by atoms with Crippen LogP contribution in [0.15, 0.2) is 53.1 Å². The molecule has 0 spiro atoms. The SMILES string of the molecule is O=C1/C(=C/c2ccc(F)cc2)SC(=S)N1C1=C[C@@H]2OCO[C@@H]2C=C1. The maximum Gasteiger partial charge on any atom is 0.270 e. The molecule has 4 rings (SSSR count). The van der Waals surface area contributed by atoms with Crippen LogP contribution in [-0.4, -0.2) is 34.1 Å². The van der Waals surface area contributed by atoms with Crippen LogP contribution >= 0.6 is 24.0 Å². The molecule has 122 valence electrons. The van der Waals surface area contributed by atoms with Gasteiger partial charge < -0.3 is 9.47 Å². The lowest BCUT2D eigenvalue weighted by atomic mass is 10.1. The minimum absolute atomic E-state index is 0.109. The van der Waals surface area contributed by atoms with Gasteiger partial charge in [0, 0.05) is 5.70 Å². The fourth-order valence-electron chi connectivity index (χ4n) is 2.66. The third kappa shape index (κ3) is 2.84. The van der Waals surface area contributed by atoms with Crippen molar-refractivity contribution in [3.8, 4) is 0 Å². The van der Waals surface area contributed by atoms with E-state index in [9.17, 15) is 9.18 Å². The molecule has 1 aromatic rings. The van der Waals surface area contributed by atoms with Crippen LogP contribution < -0.4 is 0 Å². The van der Waals surface area contributed by atoms with E-state index in [2.05, 4.69) is 0 Å². The molecular formula is C17H12FNO3S2. The second kappa shape index (κ2) is 6.25. The number of rotatable bonds is 2. The zero-order chi connectivity index (χ0) is 16.7. The molecule has 2 atom stereocenters. The largest absolute Gasteiger partial charge is 0.345 e. The van der Waals surface area contributed by atoms with Crippen molar-refractivity contribution in [2.75, 3.05) is 6.79 Å². The summed E-state index contributed by atoms with van der Waals surface area (Å²) in [7, 11) is 0. The van der Waals surface area contributed by atoms with Crippen LogP contribution in [0.3, 0.4) is 0 Å². The van der Waals surface area contributed by atoms with Crippen molar-refractivity contribution in [1.29, 1.82) is 0 Å². The van der Waals surface area contributed by atoms with Crippen LogP contribution in [0, 0.1) is 5.82 Å². The fraction of sp³-hybridized carbons (Fsp3) is 0.176. The van der Waals surface area contributed by atoms with Crippen LogP contribution in [0.2, 0.25) is 0 Å². The quantitative estimate of drug-likeness (QED) is 0.597. The lowest BCUT2D eigenvalue weighted by Gasteiger charge is -2.22. The molecule has 0 N–H and O–H groups in total. The van der Waals surface area contributed by atoms with Crippen LogP contribution in [0.25, 0.3) is 6.08 Å². The van der Waals surface area contributed by atoms with E-state index < -0.39 is 0 Å². The van der Waals surface area contributed by atoms with Gasteiger partial charge in [-0.05, 0) is 35.9 Å². The van der Waals surface area contributed by atoms with Crippen molar-refractivity contribution in [2.24, 2.45) is 0 Å². The van der Waals surface area contributed by atoms with Crippen molar-refractivity contribution in [1.82, 2.24) is 4.90 Å². The summed E-state index contributed by atoms with van der Waals surface area (Å²) in [5, 5.41) is 0. The number of thioether (sulfide) groups is 1. The van der Waals surface area contributed by atoms with Gasteiger partial charge in [0.05, 0.1) is 4.91 Å². The van der Waals surface area contributed by atoms with Crippen molar-refractivity contribution in [3.63, 3.8) is 0 Å². The Hall–Kier alpha value is -1.80. The topological polar surface area (TPSA) is 38.8 Å². The number of carbonyl (C=O) groups excluding carboxylic acids is 1. The molecule has 7 heteroatoms. The number of thiocarbonyl (C=S) groups is 1. The molecule has 1 amide bonds. The first-order valence-electron chi connectivity index (χ1n) is 7.28. The maximum absolute atomic E-state index is 13.0. The third-order valence-electron chi connectivity index (χ3n) is 3.86. The molecule has 2 saturated heterocycles. The number of benzene rings is 1. The van der Waals surface area contributed by atoms with Gasteiger partial charge in [-0.15, -0.1) is 0 Å². The fourth-order valence-corrected chi connectivity index (χ4v) is 3.96. The molecule has 2 fully saturated rings. The summed E-state index contributed by atoms with van der Waals surface area (Å²) in [6.45, 7) is 0.242. The van der Waals surface area contributed by atoms with Gasteiger partial charge >= 0.3 is 0 Å². The summed E-state index contributed by atoms with van der Waals surface area (Å²) < 4.78 is 24.3. The summed E-state index contributed by atoms with van der Waals surface area (Å²) >= 11 is 6.58. The average molecular weight is 361 g/mol. The van der Waals surface area contributed by atoms with Gasteiger partial charge in [-0.1, -0.05) is 42.2 Å². The van der Waals surface area contributed by atoms with Crippen LogP contribution in [0.5, 0.6) is 0 Å². The summed E-state index contributed by atoms with van der Waals surface area (Å²) in [5.41, 5.74) is 1.43. The Balaban J connectivity index is 1.60. The number of fused-ring (bicyclic) bond motifs is 1. The summed E-state index contributed by atoms with van der Waals surface area (Å²) in [5.74, 6) is -0.506. The van der Waals surface area contributed by atoms with Crippen molar-refractivity contribution < 1.29 is 18.7 Å². The second-order valence-electron chi connectivity index (χ2n) is 5.40. The predicted molar refractivity (Wildman–Crippen MR) is 93.2 cm³/mol. The molecular weight excluding hydrogens is 349 g/mol. The minimum atomic E-state index is -0.314. The van der Waals surface area contributed by atoms with Crippen molar-refractivity contribution in [3.05, 3.63) is 64.5 Å². The minimum Gasteiger partial charge on any atom is -0.345 e. The standard InChI is InChI=1S/C17H12FNO3S2/c18-11-3-1-10(2-4-11)7-15-16(20)19(17(23)24-15)12-5-6-13-14(8-12)22-9-21-13/h1-8,13-14H,9H2/b15-7-/t13-,14+/m1/s1. The highest BCUT2D eigenvalue weighted by atomic mass is 32.2. The number of halogens is 1. The normalized spacial score (nSPS) is 27.8. The molecule has 1 aromatic carbocycles. The Labute approximate surface area is 147 Å². The molecule has 3 aliphatic rings. The highest BCUT2D eigenvalue weighted by Gasteiger charge is 2.37. The van der Waals surface area contributed by atoms with Gasteiger partial charge in [-0.3, -0.25) is 9.69 Å². The highest BCUT2D eigenvalue weighted by Crippen LogP contribution is 2.37. The van der Waals surface area contributed by atoms with E-state index in [4.69, 9.17) is 21.7 Å². The molecule has 4 nitrogen and oxygen atoms in total. The Bertz CT molecular complexity index is 801. The van der Waals surface area contributed by atoms with E-state index in [1.165, 1.54) is 28.8 Å². The van der Waals surface area contributed by atoms with Gasteiger partial charge in [0.2, 0.25) is 0 Å². The van der Waals surface area contributed by atoms with E-state index in [1.807, 2.05) is 18.2 Å². The number of nitrogens with zero attached hydrogens (tertiary/aromatic N) is 1. The molecule has 24 heavy (non-hydrogen) atoms. The number of carbonyl (C=O) groups is 1. The summed E-state index contributed by atoms with van der Waals surface area (Å²) in [4.78, 5) is 14.7. The lowest BCUT2D eigenvalue weighted by molar-refractivity contribution is -0.120. The molecule has 0 aromatic heterocycles. The predicted octanol–water partition coefficient (Wildman–Crippen LogP) is 3.22. The maximum atomic E-state index is 13.0. The van der Waals surface area contributed by atoms with Gasteiger partial charge in [0.15, 0.2) is 4.32 Å². The van der Waals surface area contributed by atoms with E-state index in [0.717, 1.165) is 5.56 Å². The van der Waals surface area contributed by atoms with Crippen LogP contribution in [0.1, 0.15) is 5.56 Å². The zero-order valence-corrected chi connectivity index (χ0v) is 14.0. The summed E-state index contributed by atoms with van der Waals surface area (Å²) in [6.07, 6.45) is 6.95. The number of hydrogen-bond donors (Lipinski definition) is 0. The van der Waals surface area contributed by atoms with E-state index in [1.54, 1.807) is 18.2 Å². The van der Waals surface area contributed by atoms with E-state index in [-0.39, 0.29) is 30.7 Å². The van der Waals surface area contributed by atoms with E-state index >= 15 is 0 Å². The molecule has 1 aliphatic carbocycles. The first-order valence-corrected chi connectivity index (χ1v) is 8.51. The summed E-state index contributed by atoms with van der Waals surface area (Å²) in [6, 6.07) is 5.96. The van der Waals surface area contributed by atoms with Crippen LogP contribution in [0.4, 0.5) is 4.39 Å². The first-order chi connectivity index (χ1) is 11.6. The smallest absolute Gasteiger partial charge is 0.270 e. The number of ether oxygens (including phenoxy) is 2. The van der Waals surface area contributed by atoms with Crippen molar-refractivity contribution in [2.45, 2.75) is 12.2 Å². The van der Waals surface area contributed by atoms with Gasteiger partial charge in [0.25, 0.3) is 5.91 Å². The average Bonchev–Trinajstić information content (AvgIpc) is 3.14. The lowest BCUT2D eigenvalue weighted by Crippen LogP contribution is -2.31. The Kier molecular flexibility index (Phi) is 4.09. The molecule has 0 radical (unpaired) electrons. The Morgan fingerprint density at radius 2 is 2.00 bits per heavy atom. The molecule has 2 heterocycles. The second-order valence-corrected chi connectivity index (χ2v) is 7.08. The Morgan fingerprint density at radius 3 is 2.79 bits per heavy atom. The first kappa shape index (κ1) is 15.7. The number of hydrogen-bond acceptors (Lipinski definition) is 5. The molecule has 0 bridgehead atoms. The van der Waals surface area contributed by atoms with Crippen molar-refractivity contribution >= 4 is 40.3 Å².